The maximum atomic E-state index is 13.4. The molecule has 3 amide bonds. The summed E-state index contributed by atoms with van der Waals surface area (Å²) in [6.07, 6.45) is 2.84. The number of piperidine rings is 1. The lowest BCUT2D eigenvalue weighted by molar-refractivity contribution is -0.132. The fourth-order valence-electron chi connectivity index (χ4n) is 3.99. The fraction of sp³-hybridized carbons (Fsp3) is 0.333. The number of fused-ring (bicyclic) bond motifs is 1. The number of urea groups is 1. The summed E-state index contributed by atoms with van der Waals surface area (Å²) in [5, 5.41) is 0. The number of sulfonamides is 1. The molecule has 0 aliphatic carbocycles. The van der Waals surface area contributed by atoms with E-state index in [-0.39, 0.29) is 34.8 Å². The van der Waals surface area contributed by atoms with Gasteiger partial charge in [0.1, 0.15) is 17.3 Å². The lowest BCUT2D eigenvalue weighted by Crippen LogP contribution is -2.55. The molecule has 0 saturated carbocycles. The van der Waals surface area contributed by atoms with Crippen LogP contribution in [0.2, 0.25) is 0 Å². The second-order valence-electron chi connectivity index (χ2n) is 7.51. The third-order valence-corrected chi connectivity index (χ3v) is 7.31. The van der Waals surface area contributed by atoms with Crippen LogP contribution in [-0.2, 0) is 14.8 Å². The maximum absolute atomic E-state index is 13.4. The van der Waals surface area contributed by atoms with Gasteiger partial charge in [-0.1, -0.05) is 12.1 Å². The van der Waals surface area contributed by atoms with E-state index in [1.54, 1.807) is 17.0 Å². The number of nitrogens with zero attached hydrogens (tertiary/aromatic N) is 3. The molecule has 0 spiro atoms. The minimum absolute atomic E-state index is 0.0136. The molecule has 1 saturated heterocycles. The Morgan fingerprint density at radius 1 is 1.10 bits per heavy atom. The van der Waals surface area contributed by atoms with Crippen LogP contribution in [-0.4, -0.2) is 44.4 Å². The Balaban J connectivity index is 1.75. The molecule has 9 heteroatoms. The van der Waals surface area contributed by atoms with E-state index >= 15 is 0 Å². The van der Waals surface area contributed by atoms with Gasteiger partial charge in [0.15, 0.2) is 0 Å². The third-order valence-electron chi connectivity index (χ3n) is 5.56. The van der Waals surface area contributed by atoms with E-state index in [0.29, 0.717) is 10.8 Å². The predicted octanol–water partition coefficient (Wildman–Crippen LogP) is 3.36. The molecule has 0 bridgehead atoms. The highest BCUT2D eigenvalue weighted by Gasteiger charge is 2.43. The standard InChI is InChI=1S/C21H22FN3O4S/c1-15-6-4-5-13-23(15)20(26)14-24-18-7-2-3-8-19(18)30(28,29)25(21(24)27)17-11-9-16(22)10-12-17/h2-3,7-12,15H,4-6,13-14H2,1H3/t15-/m0/s1. The molecular formula is C21H22FN3O4S. The molecule has 1 atom stereocenters. The summed E-state index contributed by atoms with van der Waals surface area (Å²) in [6, 6.07) is 9.92. The van der Waals surface area contributed by atoms with Crippen molar-refractivity contribution in [3.05, 3.63) is 54.3 Å². The minimum Gasteiger partial charge on any atom is -0.338 e. The molecule has 7 nitrogen and oxygen atoms in total. The van der Waals surface area contributed by atoms with Gasteiger partial charge in [0.2, 0.25) is 5.91 Å². The van der Waals surface area contributed by atoms with Crippen LogP contribution in [0.3, 0.4) is 0 Å². The number of rotatable bonds is 3. The normalized spacial score (nSPS) is 20.8. The van der Waals surface area contributed by atoms with Crippen LogP contribution in [0.15, 0.2) is 53.4 Å². The molecule has 1 fully saturated rings. The van der Waals surface area contributed by atoms with Crippen molar-refractivity contribution in [1.29, 1.82) is 0 Å². The van der Waals surface area contributed by atoms with Gasteiger partial charge in [-0.3, -0.25) is 9.69 Å². The van der Waals surface area contributed by atoms with Crippen molar-refractivity contribution in [2.75, 3.05) is 22.3 Å². The van der Waals surface area contributed by atoms with Crippen LogP contribution in [0.4, 0.5) is 20.6 Å². The van der Waals surface area contributed by atoms with Gasteiger partial charge in [0.25, 0.3) is 10.0 Å². The number of halogens is 1. The van der Waals surface area contributed by atoms with Crippen LogP contribution < -0.4 is 9.21 Å². The van der Waals surface area contributed by atoms with Gasteiger partial charge < -0.3 is 4.90 Å². The molecule has 2 aliphatic heterocycles. The average molecular weight is 431 g/mol. The van der Waals surface area contributed by atoms with Gasteiger partial charge in [-0.15, -0.1) is 0 Å². The van der Waals surface area contributed by atoms with Gasteiger partial charge >= 0.3 is 6.03 Å². The SMILES string of the molecule is C[C@H]1CCCCN1C(=O)CN1C(=O)N(c2ccc(F)cc2)S(=O)(=O)c2ccccc21. The number of hydrogen-bond donors (Lipinski definition) is 0. The van der Waals surface area contributed by atoms with Crippen molar-refractivity contribution in [3.63, 3.8) is 0 Å². The zero-order chi connectivity index (χ0) is 21.5. The molecular weight excluding hydrogens is 409 g/mol. The van der Waals surface area contributed by atoms with Crippen LogP contribution >= 0.6 is 0 Å². The number of carbonyl (C=O) groups is 2. The molecule has 2 heterocycles. The summed E-state index contributed by atoms with van der Waals surface area (Å²) in [6.45, 7) is 2.31. The Bertz CT molecular complexity index is 1090. The summed E-state index contributed by atoms with van der Waals surface area (Å²) in [5.74, 6) is -0.782. The molecule has 0 aromatic heterocycles. The van der Waals surface area contributed by atoms with Crippen molar-refractivity contribution in [1.82, 2.24) is 4.90 Å². The first-order chi connectivity index (χ1) is 14.3. The number of likely N-dealkylation sites (tertiary alicyclic amines) is 1. The number of hydrogen-bond acceptors (Lipinski definition) is 4. The molecule has 0 radical (unpaired) electrons. The van der Waals surface area contributed by atoms with Gasteiger partial charge in [-0.05, 0) is 62.6 Å². The highest BCUT2D eigenvalue weighted by atomic mass is 32.2. The van der Waals surface area contributed by atoms with E-state index in [2.05, 4.69) is 0 Å². The highest BCUT2D eigenvalue weighted by molar-refractivity contribution is 7.94. The van der Waals surface area contributed by atoms with Gasteiger partial charge in [0.05, 0.1) is 11.4 Å². The molecule has 2 aromatic carbocycles. The number of anilines is 2. The number of benzene rings is 2. The number of carbonyl (C=O) groups excluding carboxylic acids is 2. The lowest BCUT2D eigenvalue weighted by Gasteiger charge is -2.38. The van der Waals surface area contributed by atoms with Crippen molar-refractivity contribution in [2.45, 2.75) is 37.1 Å². The second kappa shape index (κ2) is 7.71. The van der Waals surface area contributed by atoms with E-state index in [1.165, 1.54) is 29.2 Å². The summed E-state index contributed by atoms with van der Waals surface area (Å²) in [5.41, 5.74) is 0.179. The van der Waals surface area contributed by atoms with Crippen LogP contribution in [0.25, 0.3) is 0 Å². The largest absolute Gasteiger partial charge is 0.343 e. The molecule has 0 N–H and O–H groups in total. The topological polar surface area (TPSA) is 78.0 Å². The Labute approximate surface area is 174 Å². The lowest BCUT2D eigenvalue weighted by atomic mass is 10.0. The van der Waals surface area contributed by atoms with E-state index < -0.39 is 21.9 Å². The second-order valence-corrected chi connectivity index (χ2v) is 9.27. The summed E-state index contributed by atoms with van der Waals surface area (Å²) >= 11 is 0. The van der Waals surface area contributed by atoms with Crippen LogP contribution in [0.5, 0.6) is 0 Å². The summed E-state index contributed by atoms with van der Waals surface area (Å²) in [4.78, 5) is 29.1. The summed E-state index contributed by atoms with van der Waals surface area (Å²) < 4.78 is 40.3. The van der Waals surface area contributed by atoms with Crippen molar-refractivity contribution < 1.29 is 22.4 Å². The van der Waals surface area contributed by atoms with Gasteiger partial charge in [0, 0.05) is 12.6 Å². The van der Waals surface area contributed by atoms with E-state index in [4.69, 9.17) is 0 Å². The smallest absolute Gasteiger partial charge is 0.338 e. The molecule has 30 heavy (non-hydrogen) atoms. The number of amides is 3. The first-order valence-electron chi connectivity index (χ1n) is 9.81. The van der Waals surface area contributed by atoms with E-state index in [0.717, 1.165) is 31.4 Å². The molecule has 2 aliphatic rings. The van der Waals surface area contributed by atoms with Crippen LogP contribution in [0.1, 0.15) is 26.2 Å². The monoisotopic (exact) mass is 431 g/mol. The Morgan fingerprint density at radius 2 is 1.80 bits per heavy atom. The van der Waals surface area contributed by atoms with Crippen molar-refractivity contribution in [2.24, 2.45) is 0 Å². The average Bonchev–Trinajstić information content (AvgIpc) is 2.73. The first-order valence-corrected chi connectivity index (χ1v) is 11.3. The van der Waals surface area contributed by atoms with E-state index in [9.17, 15) is 22.4 Å². The fourth-order valence-corrected chi connectivity index (χ4v) is 5.58. The minimum atomic E-state index is -4.21. The Hall–Kier alpha value is -2.94. The maximum Gasteiger partial charge on any atom is 0.343 e. The van der Waals surface area contributed by atoms with E-state index in [1.807, 2.05) is 6.92 Å². The van der Waals surface area contributed by atoms with Gasteiger partial charge in [-0.25, -0.2) is 17.6 Å². The highest BCUT2D eigenvalue weighted by Crippen LogP contribution is 2.37. The quantitative estimate of drug-likeness (QED) is 0.747. The molecule has 0 unspecified atom stereocenters. The third kappa shape index (κ3) is 3.43. The predicted molar refractivity (Wildman–Crippen MR) is 110 cm³/mol. The number of para-hydroxylation sites is 1. The van der Waals surface area contributed by atoms with Crippen molar-refractivity contribution in [3.8, 4) is 0 Å². The van der Waals surface area contributed by atoms with Crippen molar-refractivity contribution >= 4 is 33.3 Å². The van der Waals surface area contributed by atoms with Crippen LogP contribution in [0, 0.1) is 5.82 Å². The molecule has 4 rings (SSSR count). The Morgan fingerprint density at radius 3 is 2.50 bits per heavy atom. The molecule has 2 aromatic rings. The zero-order valence-corrected chi connectivity index (χ0v) is 17.3. The summed E-state index contributed by atoms with van der Waals surface area (Å²) in [7, 11) is -4.21. The van der Waals surface area contributed by atoms with Gasteiger partial charge in [-0.2, -0.15) is 4.31 Å². The zero-order valence-electron chi connectivity index (χ0n) is 16.5. The molecule has 158 valence electrons. The Kier molecular flexibility index (Phi) is 5.23. The first kappa shape index (κ1) is 20.3.